The lowest BCUT2D eigenvalue weighted by atomic mass is 10.2. The molecule has 8 heteroatoms. The minimum absolute atomic E-state index is 0.0640. The van der Waals surface area contributed by atoms with Crippen molar-refractivity contribution in [3.8, 4) is 10.6 Å². The minimum atomic E-state index is -0.529. The van der Waals surface area contributed by atoms with Gasteiger partial charge in [-0.05, 0) is 35.9 Å². The van der Waals surface area contributed by atoms with Crippen LogP contribution in [0.1, 0.15) is 22.6 Å². The van der Waals surface area contributed by atoms with Crippen LogP contribution in [0.15, 0.2) is 60.0 Å². The van der Waals surface area contributed by atoms with Gasteiger partial charge in [-0.15, -0.1) is 16.4 Å². The Bertz CT molecular complexity index is 1180. The summed E-state index contributed by atoms with van der Waals surface area (Å²) in [6, 6.07) is 17.6. The van der Waals surface area contributed by atoms with E-state index in [4.69, 9.17) is 4.74 Å². The molecule has 0 N–H and O–H groups in total. The fraction of sp³-hybridized carbons (Fsp3) is 0.136. The molecular weight excluding hydrogens is 398 g/mol. The standard InChI is InChI=1S/C22H19N5O2S/c1-15-8-10-18(11-9-15)21-23-19(14-30-21)13-29-22(28)20(27-16(2)24-25-26-27)12-17-6-4-3-5-7-17/h3-12,14H,13H2,1-2H3/b20-12+. The molecule has 0 aliphatic rings. The van der Waals surface area contributed by atoms with Gasteiger partial charge in [0.15, 0.2) is 11.5 Å². The lowest BCUT2D eigenvalue weighted by Gasteiger charge is -2.08. The van der Waals surface area contributed by atoms with Crippen molar-refractivity contribution >= 4 is 29.1 Å². The van der Waals surface area contributed by atoms with Crippen LogP contribution in [0.5, 0.6) is 0 Å². The number of esters is 1. The van der Waals surface area contributed by atoms with Crippen LogP contribution in [0.2, 0.25) is 0 Å². The number of tetrazole rings is 1. The van der Waals surface area contributed by atoms with Gasteiger partial charge in [0.1, 0.15) is 11.6 Å². The maximum absolute atomic E-state index is 12.9. The molecule has 0 spiro atoms. The van der Waals surface area contributed by atoms with E-state index in [1.807, 2.05) is 66.9 Å². The summed E-state index contributed by atoms with van der Waals surface area (Å²) in [6.07, 6.45) is 1.70. The molecule has 30 heavy (non-hydrogen) atoms. The molecule has 150 valence electrons. The SMILES string of the molecule is Cc1ccc(-c2nc(COC(=O)/C(=C\c3ccccc3)n3nnnc3C)cs2)cc1. The number of hydrogen-bond donors (Lipinski definition) is 0. The first-order valence-electron chi connectivity index (χ1n) is 9.31. The predicted octanol–water partition coefficient (Wildman–Crippen LogP) is 4.15. The molecule has 2 aromatic heterocycles. The first-order chi connectivity index (χ1) is 14.6. The maximum Gasteiger partial charge on any atom is 0.357 e. The molecule has 7 nitrogen and oxygen atoms in total. The van der Waals surface area contributed by atoms with Gasteiger partial charge >= 0.3 is 5.97 Å². The zero-order valence-corrected chi connectivity index (χ0v) is 17.3. The van der Waals surface area contributed by atoms with Crippen LogP contribution >= 0.6 is 11.3 Å². The highest BCUT2D eigenvalue weighted by Gasteiger charge is 2.18. The summed E-state index contributed by atoms with van der Waals surface area (Å²) < 4.78 is 6.90. The number of ether oxygens (including phenoxy) is 1. The summed E-state index contributed by atoms with van der Waals surface area (Å²) in [4.78, 5) is 17.4. The Hall–Kier alpha value is -3.65. The summed E-state index contributed by atoms with van der Waals surface area (Å²) >= 11 is 1.52. The highest BCUT2D eigenvalue weighted by molar-refractivity contribution is 7.13. The quantitative estimate of drug-likeness (QED) is 0.346. The van der Waals surface area contributed by atoms with E-state index in [-0.39, 0.29) is 12.3 Å². The number of carbonyl (C=O) groups excluding carboxylic acids is 1. The van der Waals surface area contributed by atoms with E-state index in [1.54, 1.807) is 13.0 Å². The lowest BCUT2D eigenvalue weighted by molar-refractivity contribution is -0.138. The Morgan fingerprint density at radius 2 is 1.87 bits per heavy atom. The molecule has 0 aliphatic carbocycles. The topological polar surface area (TPSA) is 82.8 Å². The first kappa shape index (κ1) is 19.7. The number of aryl methyl sites for hydroxylation is 2. The molecule has 0 radical (unpaired) electrons. The summed E-state index contributed by atoms with van der Waals surface area (Å²) in [5.41, 5.74) is 4.00. The Kier molecular flexibility index (Phi) is 5.76. The van der Waals surface area contributed by atoms with E-state index < -0.39 is 5.97 Å². The van der Waals surface area contributed by atoms with Gasteiger partial charge in [-0.3, -0.25) is 0 Å². The Labute approximate surface area is 177 Å². The largest absolute Gasteiger partial charge is 0.454 e. The average Bonchev–Trinajstić information content (AvgIpc) is 3.41. The van der Waals surface area contributed by atoms with Crippen molar-refractivity contribution in [1.82, 2.24) is 25.2 Å². The Morgan fingerprint density at radius 3 is 2.57 bits per heavy atom. The van der Waals surface area contributed by atoms with Crippen molar-refractivity contribution in [1.29, 1.82) is 0 Å². The van der Waals surface area contributed by atoms with Crippen LogP contribution in [0.3, 0.4) is 0 Å². The monoisotopic (exact) mass is 417 g/mol. The van der Waals surface area contributed by atoms with Gasteiger partial charge in [-0.25, -0.2) is 9.78 Å². The average molecular weight is 417 g/mol. The number of carbonyl (C=O) groups is 1. The smallest absolute Gasteiger partial charge is 0.357 e. The highest BCUT2D eigenvalue weighted by atomic mass is 32.1. The predicted molar refractivity (Wildman–Crippen MR) is 115 cm³/mol. The summed E-state index contributed by atoms with van der Waals surface area (Å²) in [5.74, 6) is -0.0383. The zero-order valence-electron chi connectivity index (χ0n) is 16.5. The summed E-state index contributed by atoms with van der Waals surface area (Å²) in [6.45, 7) is 3.83. The number of aromatic nitrogens is 5. The molecule has 4 rings (SSSR count). The molecule has 0 saturated heterocycles. The number of hydrogen-bond acceptors (Lipinski definition) is 7. The minimum Gasteiger partial charge on any atom is -0.454 e. The molecule has 0 atom stereocenters. The maximum atomic E-state index is 12.9. The van der Waals surface area contributed by atoms with Crippen molar-refractivity contribution in [2.45, 2.75) is 20.5 Å². The normalized spacial score (nSPS) is 11.5. The van der Waals surface area contributed by atoms with Gasteiger partial charge in [-0.2, -0.15) is 4.68 Å². The van der Waals surface area contributed by atoms with Crippen LogP contribution < -0.4 is 0 Å². The number of benzene rings is 2. The molecule has 0 aliphatic heterocycles. The van der Waals surface area contributed by atoms with Gasteiger partial charge in [0.2, 0.25) is 0 Å². The van der Waals surface area contributed by atoms with Gasteiger partial charge in [0.25, 0.3) is 0 Å². The van der Waals surface area contributed by atoms with E-state index in [2.05, 4.69) is 20.5 Å². The van der Waals surface area contributed by atoms with E-state index in [0.29, 0.717) is 11.5 Å². The van der Waals surface area contributed by atoms with Crippen molar-refractivity contribution in [2.24, 2.45) is 0 Å². The highest BCUT2D eigenvalue weighted by Crippen LogP contribution is 2.24. The fourth-order valence-electron chi connectivity index (χ4n) is 2.78. The number of nitrogens with zero attached hydrogens (tertiary/aromatic N) is 5. The van der Waals surface area contributed by atoms with E-state index >= 15 is 0 Å². The third kappa shape index (κ3) is 4.49. The van der Waals surface area contributed by atoms with Crippen molar-refractivity contribution in [2.75, 3.05) is 0 Å². The van der Waals surface area contributed by atoms with Crippen molar-refractivity contribution in [3.63, 3.8) is 0 Å². The van der Waals surface area contributed by atoms with Crippen LogP contribution in [0, 0.1) is 13.8 Å². The van der Waals surface area contributed by atoms with Crippen LogP contribution in [-0.4, -0.2) is 31.2 Å². The molecule has 0 bridgehead atoms. The van der Waals surface area contributed by atoms with Gasteiger partial charge in [-0.1, -0.05) is 60.2 Å². The third-order valence-corrected chi connectivity index (χ3v) is 5.31. The molecule has 0 saturated carbocycles. The van der Waals surface area contributed by atoms with E-state index in [0.717, 1.165) is 16.1 Å². The third-order valence-electron chi connectivity index (χ3n) is 4.37. The lowest BCUT2D eigenvalue weighted by Crippen LogP contribution is -2.15. The summed E-state index contributed by atoms with van der Waals surface area (Å²) in [5, 5.41) is 14.2. The van der Waals surface area contributed by atoms with Crippen molar-refractivity contribution in [3.05, 3.63) is 82.6 Å². The number of thiazole rings is 1. The second-order valence-electron chi connectivity index (χ2n) is 6.66. The zero-order chi connectivity index (χ0) is 20.9. The second-order valence-corrected chi connectivity index (χ2v) is 7.52. The van der Waals surface area contributed by atoms with Crippen molar-refractivity contribution < 1.29 is 9.53 Å². The Morgan fingerprint density at radius 1 is 1.10 bits per heavy atom. The van der Waals surface area contributed by atoms with E-state index in [1.165, 1.54) is 21.6 Å². The molecule has 0 unspecified atom stereocenters. The molecule has 2 aromatic carbocycles. The van der Waals surface area contributed by atoms with Gasteiger partial charge in [0, 0.05) is 10.9 Å². The van der Waals surface area contributed by atoms with Gasteiger partial charge < -0.3 is 4.74 Å². The molecule has 4 aromatic rings. The Balaban J connectivity index is 1.52. The fourth-order valence-corrected chi connectivity index (χ4v) is 3.59. The van der Waals surface area contributed by atoms with Gasteiger partial charge in [0.05, 0.1) is 5.69 Å². The van der Waals surface area contributed by atoms with Crippen LogP contribution in [0.4, 0.5) is 0 Å². The number of rotatable bonds is 6. The van der Waals surface area contributed by atoms with Crippen LogP contribution in [-0.2, 0) is 16.1 Å². The molecule has 0 fully saturated rings. The molecular formula is C22H19N5O2S. The second kappa shape index (κ2) is 8.79. The molecule has 2 heterocycles. The van der Waals surface area contributed by atoms with Crippen LogP contribution in [0.25, 0.3) is 22.3 Å². The van der Waals surface area contributed by atoms with E-state index in [9.17, 15) is 4.79 Å². The first-order valence-corrected chi connectivity index (χ1v) is 10.2. The molecule has 0 amide bonds. The summed E-state index contributed by atoms with van der Waals surface area (Å²) in [7, 11) is 0.